The van der Waals surface area contributed by atoms with Gasteiger partial charge in [0.25, 0.3) is 0 Å². The average molecular weight is 204 g/mol. The van der Waals surface area contributed by atoms with Crippen LogP contribution in [0.3, 0.4) is 0 Å². The molecule has 2 N–H and O–H groups in total. The fraction of sp³-hybridized carbons (Fsp3) is 0.143. The van der Waals surface area contributed by atoms with Crippen molar-refractivity contribution in [1.82, 2.24) is 0 Å². The summed E-state index contributed by atoms with van der Waals surface area (Å²) in [7, 11) is 0. The van der Waals surface area contributed by atoms with Crippen molar-refractivity contribution < 1.29 is 4.39 Å². The largest absolute Gasteiger partial charge is 0.398 e. The number of halogens is 2. The lowest BCUT2D eigenvalue weighted by Crippen LogP contribution is -1.93. The van der Waals surface area contributed by atoms with E-state index < -0.39 is 0 Å². The molecule has 1 rings (SSSR count). The summed E-state index contributed by atoms with van der Waals surface area (Å²) in [4.78, 5) is 0. The molecule has 0 radical (unpaired) electrons. The molecule has 0 fully saturated rings. The number of anilines is 1. The molecule has 1 nitrogen and oxygen atoms in total. The van der Waals surface area contributed by atoms with Gasteiger partial charge in [0.15, 0.2) is 0 Å². The maximum absolute atomic E-state index is 12.7. The summed E-state index contributed by atoms with van der Waals surface area (Å²) in [6.07, 6.45) is 0. The minimum atomic E-state index is -0.263. The van der Waals surface area contributed by atoms with E-state index >= 15 is 0 Å². The summed E-state index contributed by atoms with van der Waals surface area (Å²) >= 11 is 3.19. The van der Waals surface area contributed by atoms with Crippen LogP contribution in [0.2, 0.25) is 0 Å². The highest BCUT2D eigenvalue weighted by Gasteiger charge is 2.02. The Morgan fingerprint density at radius 2 is 2.10 bits per heavy atom. The van der Waals surface area contributed by atoms with Gasteiger partial charge in [-0.2, -0.15) is 0 Å². The Labute approximate surface area is 67.2 Å². The molecule has 0 saturated heterocycles. The van der Waals surface area contributed by atoms with Gasteiger partial charge in [0.2, 0.25) is 0 Å². The van der Waals surface area contributed by atoms with Crippen molar-refractivity contribution in [2.45, 2.75) is 6.92 Å². The molecule has 1 aromatic rings. The van der Waals surface area contributed by atoms with Crippen LogP contribution in [0.15, 0.2) is 16.6 Å². The SMILES string of the molecule is Cc1c(F)ccc(Br)c1N. The first kappa shape index (κ1) is 7.54. The quantitative estimate of drug-likeness (QED) is 0.645. The second-order valence-corrected chi connectivity index (χ2v) is 2.92. The Balaban J connectivity index is 3.34. The Bertz CT molecular complexity index is 233. The van der Waals surface area contributed by atoms with E-state index in [-0.39, 0.29) is 5.82 Å². The van der Waals surface area contributed by atoms with Crippen LogP contribution in [-0.2, 0) is 0 Å². The number of rotatable bonds is 0. The predicted molar refractivity (Wildman–Crippen MR) is 43.2 cm³/mol. The standard InChI is InChI=1S/C7H7BrFN/c1-4-6(9)3-2-5(8)7(4)10/h2-3H,10H2,1H3. The lowest BCUT2D eigenvalue weighted by Gasteiger charge is -2.02. The van der Waals surface area contributed by atoms with E-state index in [0.29, 0.717) is 11.3 Å². The molecular formula is C7H7BrFN. The zero-order valence-corrected chi connectivity index (χ0v) is 7.07. The van der Waals surface area contributed by atoms with Crippen LogP contribution in [0.4, 0.5) is 10.1 Å². The van der Waals surface area contributed by atoms with Crippen molar-refractivity contribution in [2.24, 2.45) is 0 Å². The van der Waals surface area contributed by atoms with Gasteiger partial charge in [-0.15, -0.1) is 0 Å². The molecule has 0 saturated carbocycles. The van der Waals surface area contributed by atoms with E-state index in [2.05, 4.69) is 15.9 Å². The normalized spacial score (nSPS) is 9.90. The molecule has 3 heteroatoms. The number of benzene rings is 1. The summed E-state index contributed by atoms with van der Waals surface area (Å²) in [5.74, 6) is -0.263. The van der Waals surface area contributed by atoms with Crippen LogP contribution >= 0.6 is 15.9 Å². The van der Waals surface area contributed by atoms with Gasteiger partial charge in [-0.3, -0.25) is 0 Å². The van der Waals surface area contributed by atoms with E-state index in [1.807, 2.05) is 0 Å². The molecule has 0 heterocycles. The first-order valence-electron chi connectivity index (χ1n) is 2.83. The minimum Gasteiger partial charge on any atom is -0.398 e. The van der Waals surface area contributed by atoms with Gasteiger partial charge < -0.3 is 5.73 Å². The van der Waals surface area contributed by atoms with Crippen molar-refractivity contribution in [3.8, 4) is 0 Å². The molecule has 0 aliphatic rings. The number of hydrogen-bond acceptors (Lipinski definition) is 1. The van der Waals surface area contributed by atoms with Crippen LogP contribution in [0.5, 0.6) is 0 Å². The Hall–Kier alpha value is -0.570. The molecule has 10 heavy (non-hydrogen) atoms. The van der Waals surface area contributed by atoms with Crippen LogP contribution in [0, 0.1) is 12.7 Å². The predicted octanol–water partition coefficient (Wildman–Crippen LogP) is 2.48. The Morgan fingerprint density at radius 3 is 2.60 bits per heavy atom. The van der Waals surface area contributed by atoms with Gasteiger partial charge in [0, 0.05) is 10.0 Å². The third-order valence-corrected chi connectivity index (χ3v) is 2.09. The number of hydrogen-bond donors (Lipinski definition) is 1. The molecule has 1 aromatic carbocycles. The fourth-order valence-corrected chi connectivity index (χ4v) is 1.10. The van der Waals surface area contributed by atoms with E-state index in [1.165, 1.54) is 6.07 Å². The van der Waals surface area contributed by atoms with Crippen LogP contribution < -0.4 is 5.73 Å². The van der Waals surface area contributed by atoms with Crippen LogP contribution in [0.1, 0.15) is 5.56 Å². The van der Waals surface area contributed by atoms with Gasteiger partial charge in [0.05, 0.1) is 5.69 Å². The molecule has 0 bridgehead atoms. The van der Waals surface area contributed by atoms with Gasteiger partial charge in [-0.1, -0.05) is 0 Å². The third kappa shape index (κ3) is 1.14. The molecule has 54 valence electrons. The summed E-state index contributed by atoms with van der Waals surface area (Å²) in [6.45, 7) is 1.65. The first-order chi connectivity index (χ1) is 4.63. The van der Waals surface area contributed by atoms with Crippen molar-refractivity contribution >= 4 is 21.6 Å². The summed E-state index contributed by atoms with van der Waals surface area (Å²) in [6, 6.07) is 2.98. The highest BCUT2D eigenvalue weighted by atomic mass is 79.9. The highest BCUT2D eigenvalue weighted by molar-refractivity contribution is 9.10. The first-order valence-corrected chi connectivity index (χ1v) is 3.62. The average Bonchev–Trinajstić information content (AvgIpc) is 1.93. The lowest BCUT2D eigenvalue weighted by atomic mass is 10.2. The molecule has 0 amide bonds. The fourth-order valence-electron chi connectivity index (χ4n) is 0.669. The topological polar surface area (TPSA) is 26.0 Å². The van der Waals surface area contributed by atoms with E-state index in [1.54, 1.807) is 13.0 Å². The van der Waals surface area contributed by atoms with Gasteiger partial charge >= 0.3 is 0 Å². The number of nitrogen functional groups attached to an aromatic ring is 1. The molecule has 0 aliphatic carbocycles. The van der Waals surface area contributed by atoms with Crippen molar-refractivity contribution in [3.63, 3.8) is 0 Å². The van der Waals surface area contributed by atoms with E-state index in [9.17, 15) is 4.39 Å². The third-order valence-electron chi connectivity index (χ3n) is 1.40. The van der Waals surface area contributed by atoms with E-state index in [4.69, 9.17) is 5.73 Å². The molecule has 0 spiro atoms. The number of nitrogens with two attached hydrogens (primary N) is 1. The van der Waals surface area contributed by atoms with Gasteiger partial charge in [-0.05, 0) is 35.0 Å². The molecule has 0 unspecified atom stereocenters. The lowest BCUT2D eigenvalue weighted by molar-refractivity contribution is 0.619. The van der Waals surface area contributed by atoms with E-state index in [0.717, 1.165) is 4.47 Å². The summed E-state index contributed by atoms with van der Waals surface area (Å²) in [5, 5.41) is 0. The smallest absolute Gasteiger partial charge is 0.128 e. The van der Waals surface area contributed by atoms with Gasteiger partial charge in [-0.25, -0.2) is 4.39 Å². The van der Waals surface area contributed by atoms with Crippen molar-refractivity contribution in [2.75, 3.05) is 5.73 Å². The summed E-state index contributed by atoms with van der Waals surface area (Å²) in [5.41, 5.74) is 6.46. The zero-order chi connectivity index (χ0) is 7.72. The second kappa shape index (κ2) is 2.58. The monoisotopic (exact) mass is 203 g/mol. The molecule has 0 aliphatic heterocycles. The molecular weight excluding hydrogens is 197 g/mol. The van der Waals surface area contributed by atoms with Crippen LogP contribution in [-0.4, -0.2) is 0 Å². The highest BCUT2D eigenvalue weighted by Crippen LogP contribution is 2.24. The van der Waals surface area contributed by atoms with Crippen molar-refractivity contribution in [1.29, 1.82) is 0 Å². The Kier molecular flexibility index (Phi) is 1.94. The maximum atomic E-state index is 12.7. The summed E-state index contributed by atoms with van der Waals surface area (Å²) < 4.78 is 13.4. The van der Waals surface area contributed by atoms with Crippen molar-refractivity contribution in [3.05, 3.63) is 28.0 Å². The second-order valence-electron chi connectivity index (χ2n) is 2.07. The molecule has 0 atom stereocenters. The minimum absolute atomic E-state index is 0.263. The van der Waals surface area contributed by atoms with Crippen LogP contribution in [0.25, 0.3) is 0 Å². The maximum Gasteiger partial charge on any atom is 0.128 e. The zero-order valence-electron chi connectivity index (χ0n) is 5.49. The molecule has 0 aromatic heterocycles. The van der Waals surface area contributed by atoms with Gasteiger partial charge in [0.1, 0.15) is 5.82 Å². The Morgan fingerprint density at radius 1 is 1.50 bits per heavy atom.